The summed E-state index contributed by atoms with van der Waals surface area (Å²) >= 11 is 12.9. The van der Waals surface area contributed by atoms with Crippen LogP contribution in [0.2, 0.25) is 0 Å². The van der Waals surface area contributed by atoms with Crippen LogP contribution in [0.1, 0.15) is 29.7 Å². The van der Waals surface area contributed by atoms with Gasteiger partial charge >= 0.3 is 0 Å². The average molecular weight is 601 g/mol. The number of rotatable bonds is 3. The van der Waals surface area contributed by atoms with Crippen LogP contribution in [0.5, 0.6) is 5.75 Å². The molecule has 174 valence electrons. The number of halogens is 2. The molecular formula is C26H23Br2N3O2S. The Morgan fingerprint density at radius 2 is 1.76 bits per heavy atom. The average Bonchev–Trinajstić information content (AvgIpc) is 2.77. The maximum atomic E-state index is 13.9. The first-order chi connectivity index (χ1) is 16.2. The van der Waals surface area contributed by atoms with Gasteiger partial charge in [0.1, 0.15) is 11.7 Å². The Morgan fingerprint density at radius 3 is 2.47 bits per heavy atom. The molecule has 2 N–H and O–H groups in total. The van der Waals surface area contributed by atoms with E-state index in [1.54, 1.807) is 0 Å². The summed E-state index contributed by atoms with van der Waals surface area (Å²) in [7, 11) is 0. The molecule has 0 saturated carbocycles. The SMILES string of the molecule is Cc1ccc(NC(=O)C2C3NC(=S)N(c4ccc(Br)cc4)C2(C)Oc2ccc(Br)cc23)c(C)c1. The lowest BCUT2D eigenvalue weighted by Crippen LogP contribution is -2.72. The lowest BCUT2D eigenvalue weighted by atomic mass is 9.78. The fourth-order valence-electron chi connectivity index (χ4n) is 4.90. The number of ether oxygens (including phenoxy) is 1. The molecule has 2 aliphatic rings. The van der Waals surface area contributed by atoms with Gasteiger partial charge in [-0.3, -0.25) is 9.69 Å². The third-order valence-corrected chi connectivity index (χ3v) is 7.79. The van der Waals surface area contributed by atoms with Gasteiger partial charge in [-0.05, 0) is 87.1 Å². The minimum Gasteiger partial charge on any atom is -0.467 e. The summed E-state index contributed by atoms with van der Waals surface area (Å²) in [6.45, 7) is 5.97. The van der Waals surface area contributed by atoms with E-state index in [1.165, 1.54) is 0 Å². The van der Waals surface area contributed by atoms with E-state index >= 15 is 0 Å². The van der Waals surface area contributed by atoms with Crippen LogP contribution in [0.15, 0.2) is 69.6 Å². The summed E-state index contributed by atoms with van der Waals surface area (Å²) in [6.07, 6.45) is 0. The largest absolute Gasteiger partial charge is 0.467 e. The van der Waals surface area contributed by atoms with Crippen LogP contribution in [-0.4, -0.2) is 16.7 Å². The van der Waals surface area contributed by atoms with Crippen LogP contribution in [-0.2, 0) is 4.79 Å². The maximum Gasteiger partial charge on any atom is 0.236 e. The van der Waals surface area contributed by atoms with Gasteiger partial charge in [0.2, 0.25) is 5.91 Å². The van der Waals surface area contributed by atoms with Gasteiger partial charge in [-0.1, -0.05) is 49.6 Å². The number of fused-ring (bicyclic) bond motifs is 4. The van der Waals surface area contributed by atoms with Gasteiger partial charge in [-0.2, -0.15) is 0 Å². The molecule has 2 bridgehead atoms. The van der Waals surface area contributed by atoms with Gasteiger partial charge in [-0.25, -0.2) is 0 Å². The Hall–Kier alpha value is -2.42. The molecule has 1 saturated heterocycles. The van der Waals surface area contributed by atoms with Crippen molar-refractivity contribution in [1.82, 2.24) is 5.32 Å². The minimum atomic E-state index is -1.05. The normalized spacial score (nSPS) is 23.0. The van der Waals surface area contributed by atoms with Crippen molar-refractivity contribution in [3.63, 3.8) is 0 Å². The third kappa shape index (κ3) is 3.91. The molecular weight excluding hydrogens is 578 g/mol. The highest BCUT2D eigenvalue weighted by Crippen LogP contribution is 2.50. The van der Waals surface area contributed by atoms with Crippen LogP contribution in [0.3, 0.4) is 0 Å². The monoisotopic (exact) mass is 599 g/mol. The Bertz CT molecular complexity index is 1310. The van der Waals surface area contributed by atoms with Crippen LogP contribution < -0.4 is 20.3 Å². The van der Waals surface area contributed by atoms with Crippen LogP contribution >= 0.6 is 44.1 Å². The van der Waals surface area contributed by atoms with Crippen molar-refractivity contribution in [3.05, 3.63) is 86.3 Å². The molecule has 34 heavy (non-hydrogen) atoms. The summed E-state index contributed by atoms with van der Waals surface area (Å²) in [5.74, 6) is -0.00378. The first-order valence-corrected chi connectivity index (χ1v) is 12.9. The summed E-state index contributed by atoms with van der Waals surface area (Å²) in [4.78, 5) is 15.8. The zero-order valence-corrected chi connectivity index (χ0v) is 22.8. The minimum absolute atomic E-state index is 0.137. The number of hydrogen-bond acceptors (Lipinski definition) is 3. The maximum absolute atomic E-state index is 13.9. The molecule has 5 rings (SSSR count). The van der Waals surface area contributed by atoms with E-state index in [2.05, 4.69) is 48.6 Å². The first kappa shape index (κ1) is 23.3. The van der Waals surface area contributed by atoms with Crippen LogP contribution in [0.25, 0.3) is 0 Å². The zero-order chi connectivity index (χ0) is 24.2. The lowest BCUT2D eigenvalue weighted by Gasteiger charge is -2.56. The molecule has 2 heterocycles. The van der Waals surface area contributed by atoms with Gasteiger partial charge in [0.05, 0.1) is 6.04 Å². The van der Waals surface area contributed by atoms with Gasteiger partial charge in [0, 0.05) is 25.9 Å². The number of nitrogens with one attached hydrogen (secondary N) is 2. The van der Waals surface area contributed by atoms with Gasteiger partial charge in [0.15, 0.2) is 10.8 Å². The molecule has 5 nitrogen and oxygen atoms in total. The molecule has 0 aliphatic carbocycles. The highest BCUT2D eigenvalue weighted by atomic mass is 79.9. The van der Waals surface area contributed by atoms with E-state index in [0.717, 1.165) is 42.8 Å². The molecule has 2 aliphatic heterocycles. The topological polar surface area (TPSA) is 53.6 Å². The zero-order valence-electron chi connectivity index (χ0n) is 18.9. The van der Waals surface area contributed by atoms with Crippen molar-refractivity contribution < 1.29 is 9.53 Å². The fourth-order valence-corrected chi connectivity index (χ4v) is 5.95. The number of carbonyl (C=O) groups excluding carboxylic acids is 1. The highest BCUT2D eigenvalue weighted by Gasteiger charge is 2.59. The van der Waals surface area contributed by atoms with E-state index in [9.17, 15) is 4.79 Å². The number of anilines is 2. The Morgan fingerprint density at radius 1 is 1.06 bits per heavy atom. The second-order valence-corrected chi connectivity index (χ2v) is 11.1. The Kier molecular flexibility index (Phi) is 5.94. The molecule has 3 unspecified atom stereocenters. The van der Waals surface area contributed by atoms with Crippen LogP contribution in [0.4, 0.5) is 11.4 Å². The molecule has 0 spiro atoms. The van der Waals surface area contributed by atoms with Crippen molar-refractivity contribution in [2.75, 3.05) is 10.2 Å². The van der Waals surface area contributed by atoms with Crippen molar-refractivity contribution in [1.29, 1.82) is 0 Å². The number of amides is 1. The number of thiocarbonyl (C=S) groups is 1. The van der Waals surface area contributed by atoms with E-state index < -0.39 is 11.6 Å². The van der Waals surface area contributed by atoms with Crippen LogP contribution in [0, 0.1) is 19.8 Å². The summed E-state index contributed by atoms with van der Waals surface area (Å²) in [6, 6.07) is 19.3. The second-order valence-electron chi connectivity index (χ2n) is 8.86. The fraction of sp³-hybridized carbons (Fsp3) is 0.231. The van der Waals surface area contributed by atoms with Gasteiger partial charge in [0.25, 0.3) is 0 Å². The molecule has 1 amide bonds. The summed E-state index contributed by atoms with van der Waals surface area (Å²) < 4.78 is 8.51. The number of nitrogens with zero attached hydrogens (tertiary/aromatic N) is 1. The van der Waals surface area contributed by atoms with Crippen molar-refractivity contribution in [2.24, 2.45) is 5.92 Å². The standard InChI is InChI=1S/C26H23Br2N3O2S/c1-14-4-10-20(15(2)12-14)29-24(32)22-23-19-13-17(28)7-11-21(19)33-26(22,3)31(25(34)30-23)18-8-5-16(27)6-9-18/h4-13,22-23H,1-3H3,(H,29,32)(H,30,34). The summed E-state index contributed by atoms with van der Waals surface area (Å²) in [5.41, 5.74) is 3.63. The number of benzene rings is 3. The van der Waals surface area contributed by atoms with E-state index in [-0.39, 0.29) is 11.9 Å². The third-order valence-electron chi connectivity index (χ3n) is 6.47. The quantitative estimate of drug-likeness (QED) is 0.331. The molecule has 3 atom stereocenters. The van der Waals surface area contributed by atoms with E-state index in [0.29, 0.717) is 5.11 Å². The first-order valence-electron chi connectivity index (χ1n) is 10.9. The van der Waals surface area contributed by atoms with Crippen molar-refractivity contribution >= 4 is 66.5 Å². The van der Waals surface area contributed by atoms with E-state index in [1.807, 2.05) is 80.3 Å². The second kappa shape index (κ2) is 8.66. The van der Waals surface area contributed by atoms with Crippen molar-refractivity contribution in [2.45, 2.75) is 32.5 Å². The molecule has 0 radical (unpaired) electrons. The molecule has 1 fully saturated rings. The Balaban J connectivity index is 1.63. The lowest BCUT2D eigenvalue weighted by molar-refractivity contribution is -0.130. The number of carbonyl (C=O) groups is 1. The molecule has 3 aromatic rings. The number of hydrogen-bond donors (Lipinski definition) is 2. The van der Waals surface area contributed by atoms with Gasteiger partial charge < -0.3 is 15.4 Å². The molecule has 0 aromatic heterocycles. The highest BCUT2D eigenvalue weighted by molar-refractivity contribution is 9.10. The molecule has 8 heteroatoms. The van der Waals surface area contributed by atoms with Crippen molar-refractivity contribution in [3.8, 4) is 5.75 Å². The summed E-state index contributed by atoms with van der Waals surface area (Å²) in [5, 5.41) is 7.11. The van der Waals surface area contributed by atoms with E-state index in [4.69, 9.17) is 17.0 Å². The Labute approximate surface area is 221 Å². The predicted molar refractivity (Wildman–Crippen MR) is 146 cm³/mol. The smallest absolute Gasteiger partial charge is 0.236 e. The predicted octanol–water partition coefficient (Wildman–Crippen LogP) is 6.63. The molecule has 3 aromatic carbocycles. The number of aryl methyl sites for hydroxylation is 2. The van der Waals surface area contributed by atoms with Gasteiger partial charge in [-0.15, -0.1) is 0 Å².